The molecule has 0 atom stereocenters. The van der Waals surface area contributed by atoms with E-state index in [1.165, 1.54) is 6.42 Å². The lowest BCUT2D eigenvalue weighted by molar-refractivity contribution is 0.120. The molecule has 80 valence electrons. The molecule has 15 heavy (non-hydrogen) atoms. The second-order valence-corrected chi connectivity index (χ2v) is 5.03. The van der Waals surface area contributed by atoms with E-state index >= 15 is 0 Å². The summed E-state index contributed by atoms with van der Waals surface area (Å²) in [6, 6.07) is 5.75. The number of rotatable bonds is 3. The van der Waals surface area contributed by atoms with Gasteiger partial charge in [0, 0.05) is 4.47 Å². The van der Waals surface area contributed by atoms with Gasteiger partial charge >= 0.3 is 0 Å². The van der Waals surface area contributed by atoms with Crippen LogP contribution in [0.25, 0.3) is 0 Å². The van der Waals surface area contributed by atoms with Crippen molar-refractivity contribution >= 4 is 33.1 Å². The molecule has 0 saturated heterocycles. The third kappa shape index (κ3) is 2.49. The van der Waals surface area contributed by atoms with Crippen molar-refractivity contribution in [3.05, 3.63) is 28.2 Å². The molecule has 0 unspecified atom stereocenters. The van der Waals surface area contributed by atoms with E-state index in [0.717, 1.165) is 28.6 Å². The Labute approximate surface area is 103 Å². The van der Waals surface area contributed by atoms with E-state index < -0.39 is 0 Å². The van der Waals surface area contributed by atoms with Gasteiger partial charge in [0.2, 0.25) is 0 Å². The number of benzene rings is 1. The summed E-state index contributed by atoms with van der Waals surface area (Å²) >= 11 is 8.38. The van der Waals surface area contributed by atoms with Crippen molar-refractivity contribution in [3.63, 3.8) is 0 Å². The summed E-state index contributed by atoms with van der Waals surface area (Å²) < 4.78 is 6.77. The Morgan fingerprint density at radius 2 is 2.20 bits per heavy atom. The van der Waals surface area contributed by atoms with Crippen LogP contribution in [0.1, 0.15) is 24.8 Å². The van der Waals surface area contributed by atoms with Crippen LogP contribution in [0.15, 0.2) is 22.7 Å². The van der Waals surface area contributed by atoms with Gasteiger partial charge in [0.15, 0.2) is 0 Å². The highest BCUT2D eigenvalue weighted by Gasteiger charge is 2.20. The minimum Gasteiger partial charge on any atom is -0.490 e. The van der Waals surface area contributed by atoms with Crippen LogP contribution in [0.4, 0.5) is 0 Å². The lowest BCUT2D eigenvalue weighted by atomic mass is 9.96. The molecule has 0 amide bonds. The summed E-state index contributed by atoms with van der Waals surface area (Å²) in [6.07, 6.45) is 3.86. The molecular formula is C11H12BrNOS. The second kappa shape index (κ2) is 4.49. The fourth-order valence-corrected chi connectivity index (χ4v) is 1.99. The van der Waals surface area contributed by atoms with E-state index in [2.05, 4.69) is 15.9 Å². The minimum atomic E-state index is 0.347. The van der Waals surface area contributed by atoms with Gasteiger partial charge in [0.25, 0.3) is 0 Å². The lowest BCUT2D eigenvalue weighted by Crippen LogP contribution is -2.26. The predicted molar refractivity (Wildman–Crippen MR) is 68.3 cm³/mol. The average molecular weight is 286 g/mol. The van der Waals surface area contributed by atoms with Crippen LogP contribution in [0.5, 0.6) is 5.75 Å². The monoisotopic (exact) mass is 285 g/mol. The molecule has 2 nitrogen and oxygen atoms in total. The van der Waals surface area contributed by atoms with Crippen molar-refractivity contribution in [3.8, 4) is 5.75 Å². The Balaban J connectivity index is 2.23. The largest absolute Gasteiger partial charge is 0.490 e. The fraction of sp³-hybridized carbons (Fsp3) is 0.364. The molecule has 1 aliphatic carbocycles. The first-order chi connectivity index (χ1) is 7.16. The van der Waals surface area contributed by atoms with Gasteiger partial charge in [0.1, 0.15) is 10.7 Å². The van der Waals surface area contributed by atoms with Crippen molar-refractivity contribution < 1.29 is 4.74 Å². The standard InChI is InChI=1S/C11H12BrNOS/c12-7-4-5-10(9(6-7)11(13)15)14-8-2-1-3-8/h4-6,8H,1-3H2,(H2,13,15). The van der Waals surface area contributed by atoms with Crippen molar-refractivity contribution in [2.45, 2.75) is 25.4 Å². The highest BCUT2D eigenvalue weighted by Crippen LogP contribution is 2.29. The van der Waals surface area contributed by atoms with Gasteiger partial charge in [-0.3, -0.25) is 0 Å². The molecule has 0 spiro atoms. The maximum absolute atomic E-state index is 5.81. The quantitative estimate of drug-likeness (QED) is 0.867. The van der Waals surface area contributed by atoms with Crippen molar-refractivity contribution in [2.24, 2.45) is 5.73 Å². The summed E-state index contributed by atoms with van der Waals surface area (Å²) in [5.74, 6) is 0.801. The van der Waals surface area contributed by atoms with Crippen LogP contribution in [-0.4, -0.2) is 11.1 Å². The number of halogens is 1. The molecule has 0 aromatic heterocycles. The van der Waals surface area contributed by atoms with Crippen molar-refractivity contribution in [1.82, 2.24) is 0 Å². The zero-order valence-electron chi connectivity index (χ0n) is 8.20. The number of thiocarbonyl (C=S) groups is 1. The molecule has 0 bridgehead atoms. The van der Waals surface area contributed by atoms with E-state index in [9.17, 15) is 0 Å². The van der Waals surface area contributed by atoms with Gasteiger partial charge in [-0.2, -0.15) is 0 Å². The fourth-order valence-electron chi connectivity index (χ4n) is 1.47. The summed E-state index contributed by atoms with van der Waals surface area (Å²) in [7, 11) is 0. The molecule has 0 heterocycles. The van der Waals surface area contributed by atoms with Gasteiger partial charge in [-0.25, -0.2) is 0 Å². The van der Waals surface area contributed by atoms with Crippen molar-refractivity contribution in [1.29, 1.82) is 0 Å². The lowest BCUT2D eigenvalue weighted by Gasteiger charge is -2.27. The average Bonchev–Trinajstić information content (AvgIpc) is 2.12. The van der Waals surface area contributed by atoms with Crippen molar-refractivity contribution in [2.75, 3.05) is 0 Å². The van der Waals surface area contributed by atoms with E-state index in [0.29, 0.717) is 11.1 Å². The molecule has 1 fully saturated rings. The molecule has 4 heteroatoms. The predicted octanol–water partition coefficient (Wildman–Crippen LogP) is 3.01. The van der Waals surface area contributed by atoms with Crippen LogP contribution in [0, 0.1) is 0 Å². The molecule has 2 N–H and O–H groups in total. The Kier molecular flexibility index (Phi) is 3.26. The van der Waals surface area contributed by atoms with Gasteiger partial charge < -0.3 is 10.5 Å². The Hall–Kier alpha value is -0.610. The van der Waals surface area contributed by atoms with Gasteiger partial charge in [-0.15, -0.1) is 0 Å². The molecule has 0 aliphatic heterocycles. The smallest absolute Gasteiger partial charge is 0.129 e. The zero-order chi connectivity index (χ0) is 10.8. The number of nitrogens with two attached hydrogens (primary N) is 1. The molecular weight excluding hydrogens is 274 g/mol. The zero-order valence-corrected chi connectivity index (χ0v) is 10.6. The second-order valence-electron chi connectivity index (χ2n) is 3.68. The van der Waals surface area contributed by atoms with Crippen LogP contribution in [-0.2, 0) is 0 Å². The van der Waals surface area contributed by atoms with Gasteiger partial charge in [0.05, 0.1) is 11.7 Å². The number of hydrogen-bond donors (Lipinski definition) is 1. The summed E-state index contributed by atoms with van der Waals surface area (Å²) in [5.41, 5.74) is 6.46. The SMILES string of the molecule is NC(=S)c1cc(Br)ccc1OC1CCC1. The summed E-state index contributed by atoms with van der Waals surface area (Å²) in [5, 5.41) is 0. The van der Waals surface area contributed by atoms with Gasteiger partial charge in [-0.1, -0.05) is 28.1 Å². The Morgan fingerprint density at radius 3 is 2.73 bits per heavy atom. The molecule has 2 rings (SSSR count). The maximum Gasteiger partial charge on any atom is 0.129 e. The molecule has 1 aromatic rings. The van der Waals surface area contributed by atoms with Gasteiger partial charge in [-0.05, 0) is 37.5 Å². The molecule has 0 radical (unpaired) electrons. The highest BCUT2D eigenvalue weighted by atomic mass is 79.9. The first-order valence-electron chi connectivity index (χ1n) is 4.93. The number of ether oxygens (including phenoxy) is 1. The normalized spacial score (nSPS) is 15.8. The van der Waals surface area contributed by atoms with Crippen LogP contribution < -0.4 is 10.5 Å². The first-order valence-corrected chi connectivity index (χ1v) is 6.13. The van der Waals surface area contributed by atoms with E-state index in [1.807, 2.05) is 18.2 Å². The third-order valence-electron chi connectivity index (χ3n) is 2.55. The molecule has 1 saturated carbocycles. The van der Waals surface area contributed by atoms with Crippen LogP contribution in [0.2, 0.25) is 0 Å². The Bertz CT molecular complexity index is 390. The van der Waals surface area contributed by atoms with E-state index in [-0.39, 0.29) is 0 Å². The Morgan fingerprint density at radius 1 is 1.47 bits per heavy atom. The third-order valence-corrected chi connectivity index (χ3v) is 3.27. The first kappa shape index (κ1) is 10.9. The molecule has 1 aliphatic rings. The summed E-state index contributed by atoms with van der Waals surface area (Å²) in [6.45, 7) is 0. The minimum absolute atomic E-state index is 0.347. The topological polar surface area (TPSA) is 35.2 Å². The van der Waals surface area contributed by atoms with Crippen LogP contribution >= 0.6 is 28.1 Å². The maximum atomic E-state index is 5.81. The van der Waals surface area contributed by atoms with E-state index in [4.69, 9.17) is 22.7 Å². The molecule has 1 aromatic carbocycles. The van der Waals surface area contributed by atoms with Crippen LogP contribution in [0.3, 0.4) is 0 Å². The van der Waals surface area contributed by atoms with E-state index in [1.54, 1.807) is 0 Å². The highest BCUT2D eigenvalue weighted by molar-refractivity contribution is 9.10. The summed E-state index contributed by atoms with van der Waals surface area (Å²) in [4.78, 5) is 0.380. The number of hydrogen-bond acceptors (Lipinski definition) is 2.